The summed E-state index contributed by atoms with van der Waals surface area (Å²) in [5.41, 5.74) is 2.82. The number of nitrogens with zero attached hydrogens (tertiary/aromatic N) is 7. The minimum Gasteiger partial charge on any atom is -0.494 e. The minimum absolute atomic E-state index is 0.0685. The van der Waals surface area contributed by atoms with Gasteiger partial charge in [0.1, 0.15) is 23.0 Å². The van der Waals surface area contributed by atoms with Crippen LogP contribution >= 0.6 is 11.9 Å². The Morgan fingerprint density at radius 2 is 1.70 bits per heavy atom. The van der Waals surface area contributed by atoms with Gasteiger partial charge in [-0.1, -0.05) is 19.9 Å². The third-order valence-electron chi connectivity index (χ3n) is 6.59. The van der Waals surface area contributed by atoms with Gasteiger partial charge in [0.15, 0.2) is 11.6 Å². The van der Waals surface area contributed by atoms with E-state index in [0.29, 0.717) is 34.7 Å². The Morgan fingerprint density at radius 3 is 2.38 bits per heavy atom. The second-order valence-electron chi connectivity index (χ2n) is 8.72. The fraction of sp³-hybridized carbons (Fsp3) is 0.400. The molecular formula is C25H30N8O3S. The molecule has 4 heterocycles. The van der Waals surface area contributed by atoms with Crippen LogP contribution in [0.15, 0.2) is 36.8 Å². The van der Waals surface area contributed by atoms with Crippen LogP contribution in [0.3, 0.4) is 0 Å². The molecule has 37 heavy (non-hydrogen) atoms. The molecular weight excluding hydrogens is 492 g/mol. The molecule has 2 unspecified atom stereocenters. The molecule has 1 N–H and O–H groups in total. The van der Waals surface area contributed by atoms with Crippen LogP contribution in [0.5, 0.6) is 17.2 Å². The lowest BCUT2D eigenvalue weighted by Crippen LogP contribution is -2.15. The molecule has 0 aliphatic carbocycles. The molecule has 0 saturated heterocycles. The van der Waals surface area contributed by atoms with Crippen LogP contribution in [0, 0.1) is 0 Å². The molecule has 0 saturated carbocycles. The summed E-state index contributed by atoms with van der Waals surface area (Å²) < 4.78 is 24.1. The smallest absolute Gasteiger partial charge is 0.239 e. The fourth-order valence-corrected chi connectivity index (χ4v) is 5.11. The number of aromatic nitrogens is 7. The molecule has 0 spiro atoms. The zero-order chi connectivity index (χ0) is 25.9. The van der Waals surface area contributed by atoms with Gasteiger partial charge in [-0.25, -0.2) is 9.97 Å². The van der Waals surface area contributed by atoms with Crippen molar-refractivity contribution in [2.24, 2.45) is 0 Å². The van der Waals surface area contributed by atoms with E-state index < -0.39 is 0 Å². The lowest BCUT2D eigenvalue weighted by Gasteiger charge is -2.20. The predicted octanol–water partition coefficient (Wildman–Crippen LogP) is 4.15. The molecule has 3 aromatic heterocycles. The van der Waals surface area contributed by atoms with Crippen molar-refractivity contribution in [1.82, 2.24) is 34.5 Å². The maximum Gasteiger partial charge on any atom is 0.239 e. The molecule has 11 nitrogen and oxygen atoms in total. The first-order chi connectivity index (χ1) is 18.0. The van der Waals surface area contributed by atoms with E-state index in [1.807, 2.05) is 33.6 Å². The number of fused-ring (bicyclic) bond motifs is 1. The second kappa shape index (κ2) is 10.7. The molecule has 0 fully saturated rings. The average molecular weight is 523 g/mol. The zero-order valence-electron chi connectivity index (χ0n) is 21.5. The molecule has 1 aliphatic rings. The van der Waals surface area contributed by atoms with E-state index in [1.165, 1.54) is 11.9 Å². The van der Waals surface area contributed by atoms with Gasteiger partial charge in [0.25, 0.3) is 0 Å². The van der Waals surface area contributed by atoms with E-state index in [2.05, 4.69) is 43.8 Å². The molecule has 4 aromatic rings. The first-order valence-electron chi connectivity index (χ1n) is 12.0. The number of methoxy groups -OCH3 is 3. The van der Waals surface area contributed by atoms with E-state index in [1.54, 1.807) is 33.7 Å². The number of anilines is 1. The largest absolute Gasteiger partial charge is 0.494 e. The SMILES string of the molecule is COc1cnc(C(C)C(C)SNc2nnc(-c3cnn4c3CCC4)n2-c2c(OC)cccc2OC)nc1. The van der Waals surface area contributed by atoms with Crippen LogP contribution in [0.4, 0.5) is 5.95 Å². The molecule has 194 valence electrons. The van der Waals surface area contributed by atoms with Crippen LogP contribution in [-0.4, -0.2) is 61.1 Å². The van der Waals surface area contributed by atoms with Gasteiger partial charge in [0, 0.05) is 23.4 Å². The maximum atomic E-state index is 5.73. The first-order valence-corrected chi connectivity index (χ1v) is 12.9. The summed E-state index contributed by atoms with van der Waals surface area (Å²) in [7, 11) is 4.88. The number of hydrogen-bond acceptors (Lipinski definition) is 10. The van der Waals surface area contributed by atoms with Gasteiger partial charge in [0.05, 0.1) is 45.5 Å². The molecule has 2 atom stereocenters. The van der Waals surface area contributed by atoms with Gasteiger partial charge >= 0.3 is 0 Å². The van der Waals surface area contributed by atoms with Crippen LogP contribution < -0.4 is 18.9 Å². The summed E-state index contributed by atoms with van der Waals surface area (Å²) in [4.78, 5) is 8.91. The van der Waals surface area contributed by atoms with E-state index in [-0.39, 0.29) is 11.2 Å². The molecule has 1 aliphatic heterocycles. The van der Waals surface area contributed by atoms with Crippen LogP contribution in [-0.2, 0) is 13.0 Å². The van der Waals surface area contributed by atoms with Crippen molar-refractivity contribution in [3.05, 3.63) is 48.3 Å². The molecule has 5 rings (SSSR count). The number of rotatable bonds is 10. The number of para-hydroxylation sites is 1. The minimum atomic E-state index is 0.0685. The van der Waals surface area contributed by atoms with Crippen molar-refractivity contribution in [3.63, 3.8) is 0 Å². The number of benzene rings is 1. The maximum absolute atomic E-state index is 5.73. The number of hydrogen-bond donors (Lipinski definition) is 1. The van der Waals surface area contributed by atoms with Gasteiger partial charge in [0.2, 0.25) is 5.95 Å². The predicted molar refractivity (Wildman–Crippen MR) is 142 cm³/mol. The Balaban J connectivity index is 1.50. The summed E-state index contributed by atoms with van der Waals surface area (Å²) in [5.74, 6) is 3.96. The summed E-state index contributed by atoms with van der Waals surface area (Å²) in [5, 5.41) is 13.8. The average Bonchev–Trinajstić information content (AvgIpc) is 3.67. The number of nitrogens with one attached hydrogen (secondary N) is 1. The highest BCUT2D eigenvalue weighted by Crippen LogP contribution is 2.40. The number of aryl methyl sites for hydroxylation is 1. The van der Waals surface area contributed by atoms with Crippen LogP contribution in [0.2, 0.25) is 0 Å². The Morgan fingerprint density at radius 1 is 0.973 bits per heavy atom. The summed E-state index contributed by atoms with van der Waals surface area (Å²) in [6.07, 6.45) is 7.24. The second-order valence-corrected chi connectivity index (χ2v) is 9.90. The quantitative estimate of drug-likeness (QED) is 0.305. The Hall–Kier alpha value is -3.80. The van der Waals surface area contributed by atoms with Crippen molar-refractivity contribution in [2.75, 3.05) is 26.1 Å². The normalized spacial score (nSPS) is 14.2. The third-order valence-corrected chi connectivity index (χ3v) is 7.67. The van der Waals surface area contributed by atoms with E-state index in [9.17, 15) is 0 Å². The van der Waals surface area contributed by atoms with Gasteiger partial charge in [-0.15, -0.1) is 10.2 Å². The van der Waals surface area contributed by atoms with Crippen molar-refractivity contribution in [2.45, 2.75) is 44.4 Å². The van der Waals surface area contributed by atoms with Gasteiger partial charge in [-0.2, -0.15) is 5.10 Å². The summed E-state index contributed by atoms with van der Waals surface area (Å²) >= 11 is 1.53. The lowest BCUT2D eigenvalue weighted by molar-refractivity contribution is 0.391. The van der Waals surface area contributed by atoms with Crippen molar-refractivity contribution >= 4 is 17.9 Å². The molecule has 0 radical (unpaired) electrons. The van der Waals surface area contributed by atoms with Crippen molar-refractivity contribution < 1.29 is 14.2 Å². The Labute approximate surface area is 219 Å². The molecule has 0 bridgehead atoms. The molecule has 0 amide bonds. The standard InChI is InChI=1S/C25H30N8O3S/c1-15(23-26-12-17(34-3)13-27-23)16(2)37-31-25-30-29-24(18-14-28-32-11-7-8-19(18)32)33(25)22-20(35-4)9-6-10-21(22)36-5/h6,9-10,12-16H,7-8,11H2,1-5H3,(H,30,31). The highest BCUT2D eigenvalue weighted by Gasteiger charge is 2.28. The highest BCUT2D eigenvalue weighted by molar-refractivity contribution is 8.01. The monoisotopic (exact) mass is 522 g/mol. The Bertz CT molecular complexity index is 1350. The van der Waals surface area contributed by atoms with Gasteiger partial charge in [-0.3, -0.25) is 14.0 Å². The van der Waals surface area contributed by atoms with Gasteiger partial charge in [-0.05, 0) is 36.9 Å². The van der Waals surface area contributed by atoms with Crippen molar-refractivity contribution in [1.29, 1.82) is 0 Å². The summed E-state index contributed by atoms with van der Waals surface area (Å²) in [6, 6.07) is 5.68. The van der Waals surface area contributed by atoms with Crippen LogP contribution in [0.1, 0.15) is 37.7 Å². The van der Waals surface area contributed by atoms with E-state index in [0.717, 1.165) is 36.5 Å². The molecule has 1 aromatic carbocycles. The first kappa shape index (κ1) is 24.9. The topological polar surface area (TPSA) is 114 Å². The summed E-state index contributed by atoms with van der Waals surface area (Å²) in [6.45, 7) is 5.12. The highest BCUT2D eigenvalue weighted by atomic mass is 32.2. The fourth-order valence-electron chi connectivity index (χ4n) is 4.36. The third kappa shape index (κ3) is 4.68. The molecule has 12 heteroatoms. The van der Waals surface area contributed by atoms with E-state index >= 15 is 0 Å². The van der Waals surface area contributed by atoms with Gasteiger partial charge < -0.3 is 14.2 Å². The van der Waals surface area contributed by atoms with Crippen LogP contribution in [0.25, 0.3) is 17.1 Å². The Kier molecular flexibility index (Phi) is 7.17. The number of ether oxygens (including phenoxy) is 3. The zero-order valence-corrected chi connectivity index (χ0v) is 22.3. The van der Waals surface area contributed by atoms with E-state index in [4.69, 9.17) is 14.2 Å². The lowest BCUT2D eigenvalue weighted by atomic mass is 10.1. The van der Waals surface area contributed by atoms with Crippen molar-refractivity contribution in [3.8, 4) is 34.3 Å².